The molecule has 2 aromatic rings. The zero-order valence-electron chi connectivity index (χ0n) is 18.3. The Bertz CT molecular complexity index is 737. The van der Waals surface area contributed by atoms with Crippen LogP contribution in [0.25, 0.3) is 11.1 Å². The molecular formula is C25H36O4. The highest BCUT2D eigenvalue weighted by molar-refractivity contribution is 5.70. The molecule has 1 atom stereocenters. The monoisotopic (exact) mass is 400 g/mol. The number of rotatable bonds is 12. The Morgan fingerprint density at radius 2 is 1.55 bits per heavy atom. The Morgan fingerprint density at radius 3 is 2.14 bits per heavy atom. The fourth-order valence-corrected chi connectivity index (χ4v) is 3.51. The van der Waals surface area contributed by atoms with Crippen LogP contribution in [0.3, 0.4) is 0 Å². The molecule has 4 heteroatoms. The second-order valence-corrected chi connectivity index (χ2v) is 8.23. The van der Waals surface area contributed by atoms with Crippen LogP contribution in [-0.2, 0) is 13.2 Å². The van der Waals surface area contributed by atoms with Crippen molar-refractivity contribution in [3.63, 3.8) is 0 Å². The lowest BCUT2D eigenvalue weighted by Crippen LogP contribution is -2.05. The summed E-state index contributed by atoms with van der Waals surface area (Å²) in [6.45, 7) is 7.37. The smallest absolute Gasteiger partial charge is 0.124 e. The van der Waals surface area contributed by atoms with Crippen LogP contribution in [0.4, 0.5) is 0 Å². The minimum atomic E-state index is -0.113. The molecule has 2 rings (SSSR count). The van der Waals surface area contributed by atoms with E-state index in [1.807, 2.05) is 30.3 Å². The van der Waals surface area contributed by atoms with Gasteiger partial charge in [0.05, 0.1) is 26.9 Å². The summed E-state index contributed by atoms with van der Waals surface area (Å²) in [7, 11) is 1.56. The number of benzene rings is 2. The van der Waals surface area contributed by atoms with Crippen molar-refractivity contribution in [3.05, 3.63) is 47.5 Å². The Hall–Kier alpha value is -2.04. The summed E-state index contributed by atoms with van der Waals surface area (Å²) in [5, 5.41) is 19.3. The highest BCUT2D eigenvalue weighted by Crippen LogP contribution is 2.32. The maximum absolute atomic E-state index is 9.74. The molecule has 0 saturated carbocycles. The molecule has 0 heterocycles. The molecule has 0 fully saturated rings. The van der Waals surface area contributed by atoms with Crippen molar-refractivity contribution in [2.75, 3.05) is 13.7 Å². The third kappa shape index (κ3) is 7.06. The molecule has 0 spiro atoms. The van der Waals surface area contributed by atoms with Gasteiger partial charge >= 0.3 is 0 Å². The molecule has 4 nitrogen and oxygen atoms in total. The SMILES string of the molecule is COc1cc(CO)c(-c2ccc(OCCC(C)CCCC(C)C)cc2)cc1CO. The van der Waals surface area contributed by atoms with Gasteiger partial charge in [-0.1, -0.05) is 52.2 Å². The summed E-state index contributed by atoms with van der Waals surface area (Å²) in [6, 6.07) is 11.6. The quantitative estimate of drug-likeness (QED) is 0.488. The highest BCUT2D eigenvalue weighted by atomic mass is 16.5. The number of aliphatic hydroxyl groups is 2. The average molecular weight is 401 g/mol. The molecule has 0 saturated heterocycles. The molecule has 0 bridgehead atoms. The number of hydrogen-bond acceptors (Lipinski definition) is 4. The van der Waals surface area contributed by atoms with Crippen molar-refractivity contribution in [1.29, 1.82) is 0 Å². The fraction of sp³-hybridized carbons (Fsp3) is 0.520. The molecule has 0 amide bonds. The molecule has 0 aliphatic carbocycles. The van der Waals surface area contributed by atoms with E-state index < -0.39 is 0 Å². The van der Waals surface area contributed by atoms with E-state index in [2.05, 4.69) is 20.8 Å². The van der Waals surface area contributed by atoms with Gasteiger partial charge in [0.25, 0.3) is 0 Å². The third-order valence-electron chi connectivity index (χ3n) is 5.37. The predicted molar refractivity (Wildman–Crippen MR) is 118 cm³/mol. The number of methoxy groups -OCH3 is 1. The van der Waals surface area contributed by atoms with Gasteiger partial charge < -0.3 is 19.7 Å². The lowest BCUT2D eigenvalue weighted by atomic mass is 9.97. The number of aliphatic hydroxyl groups excluding tert-OH is 2. The van der Waals surface area contributed by atoms with Gasteiger partial charge in [0, 0.05) is 5.56 Å². The minimum absolute atomic E-state index is 0.0929. The van der Waals surface area contributed by atoms with E-state index in [9.17, 15) is 10.2 Å². The Morgan fingerprint density at radius 1 is 0.862 bits per heavy atom. The van der Waals surface area contributed by atoms with Crippen molar-refractivity contribution in [2.24, 2.45) is 11.8 Å². The summed E-state index contributed by atoms with van der Waals surface area (Å²) in [5.41, 5.74) is 3.33. The van der Waals surface area contributed by atoms with Gasteiger partial charge in [-0.25, -0.2) is 0 Å². The fourth-order valence-electron chi connectivity index (χ4n) is 3.51. The van der Waals surface area contributed by atoms with Gasteiger partial charge in [-0.2, -0.15) is 0 Å². The lowest BCUT2D eigenvalue weighted by molar-refractivity contribution is 0.270. The van der Waals surface area contributed by atoms with Crippen LogP contribution in [-0.4, -0.2) is 23.9 Å². The molecule has 2 N–H and O–H groups in total. The van der Waals surface area contributed by atoms with E-state index >= 15 is 0 Å². The van der Waals surface area contributed by atoms with Crippen molar-refractivity contribution < 1.29 is 19.7 Å². The van der Waals surface area contributed by atoms with E-state index in [-0.39, 0.29) is 13.2 Å². The maximum atomic E-state index is 9.74. The van der Waals surface area contributed by atoms with E-state index in [0.29, 0.717) is 17.2 Å². The predicted octanol–water partition coefficient (Wildman–Crippen LogP) is 5.58. The first-order chi connectivity index (χ1) is 14.0. The largest absolute Gasteiger partial charge is 0.496 e. The standard InChI is InChI=1S/C25H36O4/c1-18(2)6-5-7-19(3)12-13-29-23-10-8-20(9-11-23)24-14-22(17-27)25(28-4)15-21(24)16-26/h8-11,14-15,18-19,26-27H,5-7,12-13,16-17H2,1-4H3. The molecule has 160 valence electrons. The van der Waals surface area contributed by atoms with E-state index in [0.717, 1.165) is 41.4 Å². The van der Waals surface area contributed by atoms with Crippen molar-refractivity contribution in [1.82, 2.24) is 0 Å². The molecule has 0 aromatic heterocycles. The normalized spacial score (nSPS) is 12.2. The second kappa shape index (κ2) is 11.8. The first-order valence-corrected chi connectivity index (χ1v) is 10.6. The lowest BCUT2D eigenvalue weighted by Gasteiger charge is -2.15. The van der Waals surface area contributed by atoms with Crippen LogP contribution >= 0.6 is 0 Å². The average Bonchev–Trinajstić information content (AvgIpc) is 2.73. The van der Waals surface area contributed by atoms with Crippen LogP contribution in [0.15, 0.2) is 36.4 Å². The molecule has 0 radical (unpaired) electrons. The summed E-state index contributed by atoms with van der Waals surface area (Å²) >= 11 is 0. The van der Waals surface area contributed by atoms with E-state index in [1.165, 1.54) is 19.3 Å². The van der Waals surface area contributed by atoms with Crippen LogP contribution in [0.2, 0.25) is 0 Å². The number of hydrogen-bond donors (Lipinski definition) is 2. The summed E-state index contributed by atoms with van der Waals surface area (Å²) < 4.78 is 11.2. The molecule has 29 heavy (non-hydrogen) atoms. The number of ether oxygens (including phenoxy) is 2. The van der Waals surface area contributed by atoms with Crippen LogP contribution in [0.1, 0.15) is 57.6 Å². The molecule has 1 unspecified atom stereocenters. The Balaban J connectivity index is 1.96. The Labute approximate surface area is 175 Å². The zero-order valence-corrected chi connectivity index (χ0v) is 18.3. The van der Waals surface area contributed by atoms with Gasteiger partial charge in [-0.3, -0.25) is 0 Å². The molecule has 0 aliphatic rings. The first-order valence-electron chi connectivity index (χ1n) is 10.6. The van der Waals surface area contributed by atoms with Crippen LogP contribution < -0.4 is 9.47 Å². The molecule has 2 aromatic carbocycles. The molecule has 0 aliphatic heterocycles. The topological polar surface area (TPSA) is 58.9 Å². The Kier molecular flexibility index (Phi) is 9.49. The van der Waals surface area contributed by atoms with Crippen molar-refractivity contribution in [3.8, 4) is 22.6 Å². The van der Waals surface area contributed by atoms with Gasteiger partial charge in [0.1, 0.15) is 11.5 Å². The van der Waals surface area contributed by atoms with Crippen molar-refractivity contribution >= 4 is 0 Å². The summed E-state index contributed by atoms with van der Waals surface area (Å²) in [6.07, 6.45) is 4.91. The molecular weight excluding hydrogens is 364 g/mol. The zero-order chi connectivity index (χ0) is 21.2. The minimum Gasteiger partial charge on any atom is -0.496 e. The summed E-state index contributed by atoms with van der Waals surface area (Å²) in [5.74, 6) is 2.89. The van der Waals surface area contributed by atoms with Gasteiger partial charge in [0.15, 0.2) is 0 Å². The van der Waals surface area contributed by atoms with Gasteiger partial charge in [-0.05, 0) is 59.2 Å². The highest BCUT2D eigenvalue weighted by Gasteiger charge is 2.12. The second-order valence-electron chi connectivity index (χ2n) is 8.23. The van der Waals surface area contributed by atoms with Crippen LogP contribution in [0.5, 0.6) is 11.5 Å². The first kappa shape index (κ1) is 23.2. The van der Waals surface area contributed by atoms with E-state index in [1.54, 1.807) is 13.2 Å². The summed E-state index contributed by atoms with van der Waals surface area (Å²) in [4.78, 5) is 0. The van der Waals surface area contributed by atoms with Crippen LogP contribution in [0, 0.1) is 11.8 Å². The third-order valence-corrected chi connectivity index (χ3v) is 5.37. The van der Waals surface area contributed by atoms with Gasteiger partial charge in [-0.15, -0.1) is 0 Å². The van der Waals surface area contributed by atoms with E-state index in [4.69, 9.17) is 9.47 Å². The maximum Gasteiger partial charge on any atom is 0.124 e. The van der Waals surface area contributed by atoms with Crippen molar-refractivity contribution in [2.45, 2.75) is 59.7 Å². The van der Waals surface area contributed by atoms with Gasteiger partial charge in [0.2, 0.25) is 0 Å².